The first kappa shape index (κ1) is 12.5. The first-order chi connectivity index (χ1) is 8.29. The minimum absolute atomic E-state index is 0.0428. The van der Waals surface area contributed by atoms with Crippen LogP contribution in [0.1, 0.15) is 37.4 Å². The van der Waals surface area contributed by atoms with Crippen molar-refractivity contribution in [3.8, 4) is 0 Å². The molecule has 1 aliphatic carbocycles. The van der Waals surface area contributed by atoms with Crippen molar-refractivity contribution in [2.75, 3.05) is 13.6 Å². The molecule has 0 radical (unpaired) electrons. The van der Waals surface area contributed by atoms with Gasteiger partial charge in [0, 0.05) is 6.54 Å². The van der Waals surface area contributed by atoms with Crippen LogP contribution in [0.2, 0.25) is 0 Å². The van der Waals surface area contributed by atoms with Crippen LogP contribution >= 0.6 is 0 Å². The van der Waals surface area contributed by atoms with Gasteiger partial charge >= 0.3 is 0 Å². The summed E-state index contributed by atoms with van der Waals surface area (Å²) in [5, 5.41) is 3.11. The molecule has 0 amide bonds. The van der Waals surface area contributed by atoms with E-state index in [1.807, 2.05) is 13.1 Å². The second-order valence-corrected chi connectivity index (χ2v) is 4.64. The molecule has 1 fully saturated rings. The van der Waals surface area contributed by atoms with E-state index in [9.17, 15) is 4.39 Å². The summed E-state index contributed by atoms with van der Waals surface area (Å²) in [6, 6.07) is 6.71. The van der Waals surface area contributed by atoms with Crippen LogP contribution in [-0.2, 0) is 4.74 Å². The Labute approximate surface area is 102 Å². The number of hydrogen-bond acceptors (Lipinski definition) is 2. The first-order valence-electron chi connectivity index (χ1n) is 6.35. The van der Waals surface area contributed by atoms with Crippen LogP contribution in [0.3, 0.4) is 0 Å². The maximum absolute atomic E-state index is 13.2. The molecule has 94 valence electrons. The van der Waals surface area contributed by atoms with Gasteiger partial charge in [-0.3, -0.25) is 0 Å². The number of nitrogens with one attached hydrogen (secondary N) is 1. The molecule has 0 aliphatic heterocycles. The third-order valence-corrected chi connectivity index (χ3v) is 3.27. The van der Waals surface area contributed by atoms with Crippen molar-refractivity contribution in [1.82, 2.24) is 5.32 Å². The van der Waals surface area contributed by atoms with Gasteiger partial charge in [0.05, 0.1) is 12.2 Å². The number of hydrogen-bond donors (Lipinski definition) is 1. The van der Waals surface area contributed by atoms with Gasteiger partial charge in [0.25, 0.3) is 0 Å². The van der Waals surface area contributed by atoms with Gasteiger partial charge in [-0.1, -0.05) is 25.0 Å². The topological polar surface area (TPSA) is 21.3 Å². The molecular weight excluding hydrogens is 217 g/mol. The fourth-order valence-corrected chi connectivity index (χ4v) is 2.39. The average Bonchev–Trinajstić information content (AvgIpc) is 2.81. The van der Waals surface area contributed by atoms with E-state index >= 15 is 0 Å². The lowest BCUT2D eigenvalue weighted by Gasteiger charge is -2.22. The van der Waals surface area contributed by atoms with Crippen LogP contribution in [0.15, 0.2) is 24.3 Å². The standard InChI is InChI=1S/C14H20FNO/c1-16-10-14(17-13-7-2-3-8-13)11-5-4-6-12(15)9-11/h4-6,9,13-14,16H,2-3,7-8,10H2,1H3. The van der Waals surface area contributed by atoms with Crippen molar-refractivity contribution in [3.63, 3.8) is 0 Å². The lowest BCUT2D eigenvalue weighted by molar-refractivity contribution is -0.00797. The van der Waals surface area contributed by atoms with Crippen LogP contribution in [0.5, 0.6) is 0 Å². The smallest absolute Gasteiger partial charge is 0.123 e. The molecule has 2 nitrogen and oxygen atoms in total. The maximum Gasteiger partial charge on any atom is 0.123 e. The van der Waals surface area contributed by atoms with E-state index in [4.69, 9.17) is 4.74 Å². The zero-order valence-corrected chi connectivity index (χ0v) is 10.3. The molecule has 1 aromatic carbocycles. The van der Waals surface area contributed by atoms with Gasteiger partial charge in [0.1, 0.15) is 5.82 Å². The highest BCUT2D eigenvalue weighted by atomic mass is 19.1. The zero-order chi connectivity index (χ0) is 12.1. The molecule has 3 heteroatoms. The third kappa shape index (κ3) is 3.51. The summed E-state index contributed by atoms with van der Waals surface area (Å²) >= 11 is 0. The van der Waals surface area contributed by atoms with Crippen LogP contribution < -0.4 is 5.32 Å². The van der Waals surface area contributed by atoms with Crippen LogP contribution in [-0.4, -0.2) is 19.7 Å². The van der Waals surface area contributed by atoms with Gasteiger partial charge in [-0.25, -0.2) is 4.39 Å². The molecule has 1 aliphatic rings. The summed E-state index contributed by atoms with van der Waals surface area (Å²) in [6.45, 7) is 0.722. The normalized spacial score (nSPS) is 18.5. The van der Waals surface area contributed by atoms with Gasteiger partial charge in [-0.15, -0.1) is 0 Å². The molecule has 1 saturated carbocycles. The quantitative estimate of drug-likeness (QED) is 0.850. The number of benzene rings is 1. The van der Waals surface area contributed by atoms with E-state index in [1.165, 1.54) is 18.9 Å². The second kappa shape index (κ2) is 6.12. The summed E-state index contributed by atoms with van der Waals surface area (Å²) in [7, 11) is 1.89. The van der Waals surface area contributed by atoms with Gasteiger partial charge < -0.3 is 10.1 Å². The van der Waals surface area contributed by atoms with Crippen molar-refractivity contribution in [2.24, 2.45) is 0 Å². The Morgan fingerprint density at radius 2 is 2.18 bits per heavy atom. The van der Waals surface area contributed by atoms with E-state index in [0.29, 0.717) is 6.10 Å². The molecule has 0 spiro atoms. The van der Waals surface area contributed by atoms with Crippen molar-refractivity contribution in [1.29, 1.82) is 0 Å². The Balaban J connectivity index is 2.04. The van der Waals surface area contributed by atoms with Crippen LogP contribution in [0.25, 0.3) is 0 Å². The molecule has 1 unspecified atom stereocenters. The molecule has 0 saturated heterocycles. The molecule has 1 aromatic rings. The van der Waals surface area contributed by atoms with Crippen LogP contribution in [0.4, 0.5) is 4.39 Å². The van der Waals surface area contributed by atoms with Crippen LogP contribution in [0, 0.1) is 5.82 Å². The Morgan fingerprint density at radius 1 is 1.41 bits per heavy atom. The average molecular weight is 237 g/mol. The van der Waals surface area contributed by atoms with E-state index in [1.54, 1.807) is 12.1 Å². The molecular formula is C14H20FNO. The number of ether oxygens (including phenoxy) is 1. The Hall–Kier alpha value is -0.930. The predicted molar refractivity (Wildman–Crippen MR) is 66.4 cm³/mol. The highest BCUT2D eigenvalue weighted by Gasteiger charge is 2.21. The lowest BCUT2D eigenvalue weighted by atomic mass is 10.1. The summed E-state index contributed by atoms with van der Waals surface area (Å²) in [5.74, 6) is -0.196. The summed E-state index contributed by atoms with van der Waals surface area (Å²) < 4.78 is 19.3. The van der Waals surface area contributed by atoms with Gasteiger partial charge in [0.2, 0.25) is 0 Å². The molecule has 17 heavy (non-hydrogen) atoms. The van der Waals surface area contributed by atoms with Crippen molar-refractivity contribution in [3.05, 3.63) is 35.6 Å². The third-order valence-electron chi connectivity index (χ3n) is 3.27. The first-order valence-corrected chi connectivity index (χ1v) is 6.35. The number of likely N-dealkylation sites (N-methyl/N-ethyl adjacent to an activating group) is 1. The molecule has 0 heterocycles. The number of rotatable bonds is 5. The zero-order valence-electron chi connectivity index (χ0n) is 10.3. The number of halogens is 1. The molecule has 2 rings (SSSR count). The van der Waals surface area contributed by atoms with Gasteiger partial charge in [-0.05, 0) is 37.6 Å². The molecule has 0 aromatic heterocycles. The van der Waals surface area contributed by atoms with E-state index < -0.39 is 0 Å². The summed E-state index contributed by atoms with van der Waals surface area (Å²) in [6.07, 6.45) is 5.07. The van der Waals surface area contributed by atoms with Crippen molar-refractivity contribution < 1.29 is 9.13 Å². The van der Waals surface area contributed by atoms with E-state index in [2.05, 4.69) is 5.32 Å². The van der Waals surface area contributed by atoms with Gasteiger partial charge in [-0.2, -0.15) is 0 Å². The Kier molecular flexibility index (Phi) is 4.51. The Bertz CT molecular complexity index is 350. The monoisotopic (exact) mass is 237 g/mol. The van der Waals surface area contributed by atoms with Crippen molar-refractivity contribution in [2.45, 2.75) is 37.9 Å². The van der Waals surface area contributed by atoms with Crippen molar-refractivity contribution >= 4 is 0 Å². The molecule has 1 atom stereocenters. The predicted octanol–water partition coefficient (Wildman–Crippen LogP) is 3.05. The minimum Gasteiger partial charge on any atom is -0.369 e. The molecule has 1 N–H and O–H groups in total. The molecule has 0 bridgehead atoms. The fraction of sp³-hybridized carbons (Fsp3) is 0.571. The minimum atomic E-state index is -0.196. The van der Waals surface area contributed by atoms with E-state index in [0.717, 1.165) is 24.9 Å². The van der Waals surface area contributed by atoms with Gasteiger partial charge in [0.15, 0.2) is 0 Å². The summed E-state index contributed by atoms with van der Waals surface area (Å²) in [5.41, 5.74) is 0.922. The highest BCUT2D eigenvalue weighted by Crippen LogP contribution is 2.27. The largest absolute Gasteiger partial charge is 0.369 e. The summed E-state index contributed by atoms with van der Waals surface area (Å²) in [4.78, 5) is 0. The maximum atomic E-state index is 13.2. The fourth-order valence-electron chi connectivity index (χ4n) is 2.39. The second-order valence-electron chi connectivity index (χ2n) is 4.64. The van der Waals surface area contributed by atoms with E-state index in [-0.39, 0.29) is 11.9 Å². The highest BCUT2D eigenvalue weighted by molar-refractivity contribution is 5.19. The lowest BCUT2D eigenvalue weighted by Crippen LogP contribution is -2.23. The SMILES string of the molecule is CNCC(OC1CCCC1)c1cccc(F)c1. The Morgan fingerprint density at radius 3 is 2.82 bits per heavy atom.